The van der Waals surface area contributed by atoms with Gasteiger partial charge in [0, 0.05) is 23.9 Å². The number of pyridine rings is 1. The molecule has 0 radical (unpaired) electrons. The van der Waals surface area contributed by atoms with Gasteiger partial charge in [-0.25, -0.2) is 4.98 Å². The first-order valence-electron chi connectivity index (χ1n) is 10.3. The molecular weight excluding hydrogens is 384 g/mol. The van der Waals surface area contributed by atoms with Gasteiger partial charge in [0.2, 0.25) is 0 Å². The monoisotopic (exact) mass is 410 g/mol. The van der Waals surface area contributed by atoms with Crippen LogP contribution in [0.5, 0.6) is 5.75 Å². The minimum Gasteiger partial charge on any atom is -0.490 e. The zero-order valence-electron chi connectivity index (χ0n) is 17.7. The number of anilines is 1. The highest BCUT2D eigenvalue weighted by Gasteiger charge is 2.55. The van der Waals surface area contributed by atoms with Gasteiger partial charge in [0.05, 0.1) is 29.6 Å². The fourth-order valence-electron chi connectivity index (χ4n) is 4.64. The largest absolute Gasteiger partial charge is 0.490 e. The number of hydrogen-bond donors (Lipinski definition) is 1. The number of nitrogens with one attached hydrogen (secondary N) is 1. The average molecular weight is 410 g/mol. The Balaban J connectivity index is 1.54. The molecule has 3 aromatic heterocycles. The minimum atomic E-state index is -0.287. The maximum absolute atomic E-state index is 13.0. The molecule has 2 unspecified atom stereocenters. The van der Waals surface area contributed by atoms with Crippen molar-refractivity contribution in [3.05, 3.63) is 41.7 Å². The third-order valence-electron chi connectivity index (χ3n) is 6.25. The summed E-state index contributed by atoms with van der Waals surface area (Å²) < 4.78 is 18.8. The van der Waals surface area contributed by atoms with Crippen molar-refractivity contribution in [3.63, 3.8) is 0 Å². The van der Waals surface area contributed by atoms with Crippen LogP contribution in [0.15, 0.2) is 29.2 Å². The van der Waals surface area contributed by atoms with E-state index >= 15 is 0 Å². The molecule has 1 saturated heterocycles. The van der Waals surface area contributed by atoms with Crippen LogP contribution in [-0.2, 0) is 10.2 Å². The molecule has 8 nitrogen and oxygen atoms in total. The second-order valence-electron chi connectivity index (χ2n) is 9.07. The number of rotatable bonds is 5. The van der Waals surface area contributed by atoms with E-state index in [1.54, 1.807) is 13.1 Å². The zero-order chi connectivity index (χ0) is 21.1. The standard InChI is InChI=1S/C22H26N4O4/c1-13(2)30-17-7-19-24-18(22-6-5-21(4,11-22)28-12-22)9-26(19)8-15(17)20(27)23-16-10-29-25-14(16)3/h7-10,13H,5-6,11-12H2,1-4H3,(H,23,27). The summed E-state index contributed by atoms with van der Waals surface area (Å²) in [6, 6.07) is 1.83. The lowest BCUT2D eigenvalue weighted by Crippen LogP contribution is -2.26. The Morgan fingerprint density at radius 2 is 2.17 bits per heavy atom. The number of hydrogen-bond acceptors (Lipinski definition) is 6. The number of carbonyl (C=O) groups excluding carboxylic acids is 1. The Labute approximate surface area is 174 Å². The van der Waals surface area contributed by atoms with Crippen molar-refractivity contribution in [2.75, 3.05) is 11.9 Å². The number of nitrogens with zero attached hydrogens (tertiary/aromatic N) is 3. The number of imidazole rings is 1. The van der Waals surface area contributed by atoms with Gasteiger partial charge in [0.1, 0.15) is 29.0 Å². The van der Waals surface area contributed by atoms with Crippen molar-refractivity contribution in [1.82, 2.24) is 14.5 Å². The second kappa shape index (κ2) is 6.57. The number of carbonyl (C=O) groups is 1. The lowest BCUT2D eigenvalue weighted by atomic mass is 9.84. The van der Waals surface area contributed by atoms with Gasteiger partial charge >= 0.3 is 0 Å². The molecule has 2 fully saturated rings. The van der Waals surface area contributed by atoms with Crippen LogP contribution in [0.4, 0.5) is 5.69 Å². The summed E-state index contributed by atoms with van der Waals surface area (Å²) >= 11 is 0. The number of amides is 1. The molecule has 2 aliphatic rings. The minimum absolute atomic E-state index is 0.0384. The van der Waals surface area contributed by atoms with E-state index in [0.29, 0.717) is 29.3 Å². The summed E-state index contributed by atoms with van der Waals surface area (Å²) in [4.78, 5) is 17.9. The molecule has 5 rings (SSSR count). The first kappa shape index (κ1) is 19.1. The molecule has 3 aromatic rings. The van der Waals surface area contributed by atoms with E-state index < -0.39 is 0 Å². The van der Waals surface area contributed by atoms with Crippen molar-refractivity contribution < 1.29 is 18.8 Å². The summed E-state index contributed by atoms with van der Waals surface area (Å²) in [5.74, 6) is 0.211. The van der Waals surface area contributed by atoms with Gasteiger partial charge in [-0.1, -0.05) is 5.16 Å². The molecule has 4 heterocycles. The predicted octanol–water partition coefficient (Wildman–Crippen LogP) is 3.88. The molecule has 2 atom stereocenters. The number of aryl methyl sites for hydroxylation is 1. The maximum Gasteiger partial charge on any atom is 0.261 e. The van der Waals surface area contributed by atoms with Crippen molar-refractivity contribution in [2.24, 2.45) is 0 Å². The fourth-order valence-corrected chi connectivity index (χ4v) is 4.64. The van der Waals surface area contributed by atoms with E-state index in [1.807, 2.05) is 30.5 Å². The van der Waals surface area contributed by atoms with Crippen molar-refractivity contribution in [1.29, 1.82) is 0 Å². The van der Waals surface area contributed by atoms with Crippen molar-refractivity contribution in [2.45, 2.75) is 64.1 Å². The van der Waals surface area contributed by atoms with Crippen LogP contribution in [0.25, 0.3) is 5.65 Å². The molecule has 1 N–H and O–H groups in total. The van der Waals surface area contributed by atoms with Gasteiger partial charge in [-0.15, -0.1) is 0 Å². The first-order valence-corrected chi connectivity index (χ1v) is 10.3. The summed E-state index contributed by atoms with van der Waals surface area (Å²) in [6.07, 6.45) is 8.25. The van der Waals surface area contributed by atoms with Gasteiger partial charge in [-0.3, -0.25) is 4.79 Å². The van der Waals surface area contributed by atoms with Crippen LogP contribution in [0.3, 0.4) is 0 Å². The fraction of sp³-hybridized carbons (Fsp3) is 0.500. The SMILES string of the molecule is Cc1nocc1NC(=O)c1cn2cc(C34CCC(C)(C3)OC4)nc2cc1OC(C)C. The number of ether oxygens (including phenoxy) is 2. The summed E-state index contributed by atoms with van der Waals surface area (Å²) in [7, 11) is 0. The summed E-state index contributed by atoms with van der Waals surface area (Å²) in [5, 5.41) is 6.66. The van der Waals surface area contributed by atoms with Gasteiger partial charge < -0.3 is 23.7 Å². The van der Waals surface area contributed by atoms with E-state index in [9.17, 15) is 4.79 Å². The lowest BCUT2D eigenvalue weighted by Gasteiger charge is -2.24. The van der Waals surface area contributed by atoms with Crippen LogP contribution >= 0.6 is 0 Å². The van der Waals surface area contributed by atoms with Crippen LogP contribution < -0.4 is 10.1 Å². The Morgan fingerprint density at radius 3 is 2.77 bits per heavy atom. The van der Waals surface area contributed by atoms with Crippen LogP contribution in [0.2, 0.25) is 0 Å². The third-order valence-corrected chi connectivity index (χ3v) is 6.25. The number of fused-ring (bicyclic) bond motifs is 3. The van der Waals surface area contributed by atoms with Gasteiger partial charge in [-0.05, 0) is 47.0 Å². The molecule has 8 heteroatoms. The highest BCUT2D eigenvalue weighted by Crippen LogP contribution is 2.53. The molecule has 1 amide bonds. The Hall–Kier alpha value is -2.87. The molecule has 0 spiro atoms. The summed E-state index contributed by atoms with van der Waals surface area (Å²) in [5.41, 5.74) is 3.28. The maximum atomic E-state index is 13.0. The molecule has 1 aliphatic carbocycles. The highest BCUT2D eigenvalue weighted by atomic mass is 16.5. The number of aromatic nitrogens is 3. The van der Waals surface area contributed by atoms with E-state index in [1.165, 1.54) is 6.26 Å². The van der Waals surface area contributed by atoms with Gasteiger partial charge in [0.15, 0.2) is 0 Å². The Bertz CT molecular complexity index is 1120. The molecule has 2 bridgehead atoms. The average Bonchev–Trinajstić information content (AvgIpc) is 3.43. The van der Waals surface area contributed by atoms with Crippen LogP contribution in [-0.4, -0.2) is 38.8 Å². The van der Waals surface area contributed by atoms with Crippen LogP contribution in [0, 0.1) is 6.92 Å². The molecule has 1 saturated carbocycles. The van der Waals surface area contributed by atoms with E-state index in [0.717, 1.165) is 30.6 Å². The predicted molar refractivity (Wildman–Crippen MR) is 110 cm³/mol. The zero-order valence-corrected chi connectivity index (χ0v) is 17.7. The first-order chi connectivity index (χ1) is 14.3. The molecule has 1 aliphatic heterocycles. The Morgan fingerprint density at radius 1 is 1.33 bits per heavy atom. The Kier molecular flexibility index (Phi) is 4.18. The quantitative estimate of drug-likeness (QED) is 0.686. The van der Waals surface area contributed by atoms with Crippen LogP contribution in [0.1, 0.15) is 61.8 Å². The molecule has 0 aromatic carbocycles. The molecule has 30 heavy (non-hydrogen) atoms. The smallest absolute Gasteiger partial charge is 0.261 e. The lowest BCUT2D eigenvalue weighted by molar-refractivity contribution is -0.00627. The molecule has 158 valence electrons. The molecular formula is C22H26N4O4. The third kappa shape index (κ3) is 3.06. The second-order valence-corrected chi connectivity index (χ2v) is 9.07. The van der Waals surface area contributed by atoms with E-state index in [2.05, 4.69) is 17.4 Å². The summed E-state index contributed by atoms with van der Waals surface area (Å²) in [6.45, 7) is 8.51. The van der Waals surface area contributed by atoms with E-state index in [4.69, 9.17) is 19.0 Å². The van der Waals surface area contributed by atoms with Crippen molar-refractivity contribution in [3.8, 4) is 5.75 Å². The normalized spacial score (nSPS) is 25.4. The van der Waals surface area contributed by atoms with Gasteiger partial charge in [-0.2, -0.15) is 0 Å². The topological polar surface area (TPSA) is 90.9 Å². The highest BCUT2D eigenvalue weighted by molar-refractivity contribution is 6.06. The van der Waals surface area contributed by atoms with E-state index in [-0.39, 0.29) is 23.0 Å². The van der Waals surface area contributed by atoms with Gasteiger partial charge in [0.25, 0.3) is 5.91 Å². The van der Waals surface area contributed by atoms with Crippen molar-refractivity contribution >= 4 is 17.2 Å².